The van der Waals surface area contributed by atoms with Crippen molar-refractivity contribution in [1.29, 1.82) is 0 Å². The zero-order chi connectivity index (χ0) is 15.3. The van der Waals surface area contributed by atoms with Gasteiger partial charge in [0.25, 0.3) is 5.91 Å². The van der Waals surface area contributed by atoms with Gasteiger partial charge in [0.15, 0.2) is 0 Å². The first-order valence-electron chi connectivity index (χ1n) is 6.62. The van der Waals surface area contributed by atoms with Crippen LogP contribution in [0.15, 0.2) is 17.5 Å². The number of carboxylic acids is 1. The van der Waals surface area contributed by atoms with Crippen LogP contribution in [-0.4, -0.2) is 34.5 Å². The summed E-state index contributed by atoms with van der Waals surface area (Å²) in [6.45, 7) is 8.81. The van der Waals surface area contributed by atoms with Crippen LogP contribution in [0.5, 0.6) is 0 Å². The van der Waals surface area contributed by atoms with Gasteiger partial charge >= 0.3 is 5.97 Å². The van der Waals surface area contributed by atoms with Gasteiger partial charge in [0.1, 0.15) is 0 Å². The van der Waals surface area contributed by atoms with E-state index in [4.69, 9.17) is 5.11 Å². The van der Waals surface area contributed by atoms with Crippen LogP contribution >= 0.6 is 11.3 Å². The fourth-order valence-corrected chi connectivity index (χ4v) is 2.68. The maximum absolute atomic E-state index is 12.6. The molecule has 0 aliphatic rings. The molecular weight excluding hydrogens is 274 g/mol. The second-order valence-corrected chi connectivity index (χ2v) is 6.24. The van der Waals surface area contributed by atoms with Gasteiger partial charge < -0.3 is 10.0 Å². The minimum Gasteiger partial charge on any atom is -0.478 e. The lowest BCUT2D eigenvalue weighted by atomic mass is 10.1. The third-order valence-corrected chi connectivity index (χ3v) is 3.66. The van der Waals surface area contributed by atoms with Gasteiger partial charge in [-0.2, -0.15) is 0 Å². The predicted molar refractivity (Wildman–Crippen MR) is 82.0 cm³/mol. The minimum atomic E-state index is -1.02. The Bertz CT molecular complexity index is 503. The van der Waals surface area contributed by atoms with Crippen LogP contribution in [0.1, 0.15) is 42.9 Å². The van der Waals surface area contributed by atoms with E-state index in [0.29, 0.717) is 22.9 Å². The van der Waals surface area contributed by atoms with Crippen molar-refractivity contribution in [3.8, 4) is 0 Å². The number of hydrogen-bond donors (Lipinski definition) is 1. The zero-order valence-corrected chi connectivity index (χ0v) is 13.1. The molecule has 0 fully saturated rings. The molecule has 0 saturated carbocycles. The molecule has 20 heavy (non-hydrogen) atoms. The van der Waals surface area contributed by atoms with E-state index in [2.05, 4.69) is 13.8 Å². The molecule has 0 aromatic carbocycles. The van der Waals surface area contributed by atoms with Crippen LogP contribution in [0.2, 0.25) is 0 Å². The molecule has 0 atom stereocenters. The van der Waals surface area contributed by atoms with Crippen LogP contribution < -0.4 is 0 Å². The van der Waals surface area contributed by atoms with E-state index in [1.165, 1.54) is 17.4 Å². The number of thiophene rings is 1. The summed E-state index contributed by atoms with van der Waals surface area (Å²) < 4.78 is 0. The van der Waals surface area contributed by atoms with Crippen molar-refractivity contribution in [2.75, 3.05) is 6.54 Å². The average molecular weight is 295 g/mol. The van der Waals surface area contributed by atoms with E-state index in [1.54, 1.807) is 6.07 Å². The Morgan fingerprint density at radius 3 is 2.50 bits per heavy atom. The standard InChI is InChI=1S/C15H21NO3S/c1-10(2)9-16(11(3)4)15(19)14-12(7-8-20-14)5-6-13(17)18/h5-8,10-11H,9H2,1-4H3,(H,17,18). The van der Waals surface area contributed by atoms with E-state index < -0.39 is 5.97 Å². The normalized spacial score (nSPS) is 11.5. The first kappa shape index (κ1) is 16.4. The van der Waals surface area contributed by atoms with Crippen LogP contribution in [0.3, 0.4) is 0 Å². The zero-order valence-electron chi connectivity index (χ0n) is 12.3. The Morgan fingerprint density at radius 1 is 1.35 bits per heavy atom. The predicted octanol–water partition coefficient (Wildman–Crippen LogP) is 3.35. The molecule has 0 saturated heterocycles. The van der Waals surface area contributed by atoms with Crippen LogP contribution in [0, 0.1) is 5.92 Å². The van der Waals surface area contributed by atoms with Crippen LogP contribution in [0.4, 0.5) is 0 Å². The quantitative estimate of drug-likeness (QED) is 0.819. The van der Waals surface area contributed by atoms with Gasteiger partial charge in [-0.15, -0.1) is 11.3 Å². The number of aliphatic carboxylic acids is 1. The highest BCUT2D eigenvalue weighted by atomic mass is 32.1. The molecule has 0 unspecified atom stereocenters. The van der Waals surface area contributed by atoms with E-state index >= 15 is 0 Å². The van der Waals surface area contributed by atoms with Crippen molar-refractivity contribution in [3.63, 3.8) is 0 Å². The summed E-state index contributed by atoms with van der Waals surface area (Å²) in [5, 5.41) is 10.5. The molecule has 1 rings (SSSR count). The highest BCUT2D eigenvalue weighted by Gasteiger charge is 2.22. The van der Waals surface area contributed by atoms with Gasteiger partial charge in [-0.1, -0.05) is 13.8 Å². The van der Waals surface area contributed by atoms with E-state index in [-0.39, 0.29) is 11.9 Å². The Kier molecular flexibility index (Phi) is 5.95. The summed E-state index contributed by atoms with van der Waals surface area (Å²) in [5.41, 5.74) is 0.664. The molecule has 110 valence electrons. The van der Waals surface area contributed by atoms with E-state index in [0.717, 1.165) is 6.08 Å². The lowest BCUT2D eigenvalue weighted by molar-refractivity contribution is -0.131. The second kappa shape index (κ2) is 7.24. The molecule has 1 aromatic heterocycles. The molecule has 1 amide bonds. The highest BCUT2D eigenvalue weighted by Crippen LogP contribution is 2.22. The summed E-state index contributed by atoms with van der Waals surface area (Å²) in [6.07, 6.45) is 2.53. The molecule has 4 nitrogen and oxygen atoms in total. The summed E-state index contributed by atoms with van der Waals surface area (Å²) in [5.74, 6) is -0.662. The summed E-state index contributed by atoms with van der Waals surface area (Å²) >= 11 is 1.35. The topological polar surface area (TPSA) is 57.6 Å². The van der Waals surface area contributed by atoms with E-state index in [9.17, 15) is 9.59 Å². The molecule has 0 aliphatic heterocycles. The number of nitrogens with zero attached hydrogens (tertiary/aromatic N) is 1. The largest absolute Gasteiger partial charge is 0.478 e. The number of carboxylic acid groups (broad SMARTS) is 1. The SMILES string of the molecule is CC(C)CN(C(=O)c1sccc1C=CC(=O)O)C(C)C. The molecular formula is C15H21NO3S. The maximum atomic E-state index is 12.6. The molecule has 1 heterocycles. The lowest BCUT2D eigenvalue weighted by Crippen LogP contribution is -2.39. The first-order chi connectivity index (χ1) is 9.32. The average Bonchev–Trinajstić information content (AvgIpc) is 2.80. The molecule has 0 aliphatic carbocycles. The molecule has 0 spiro atoms. The van der Waals surface area contributed by atoms with Crippen molar-refractivity contribution in [3.05, 3.63) is 28.0 Å². The highest BCUT2D eigenvalue weighted by molar-refractivity contribution is 7.12. The van der Waals surface area contributed by atoms with Crippen LogP contribution in [-0.2, 0) is 4.79 Å². The Balaban J connectivity index is 3.01. The maximum Gasteiger partial charge on any atom is 0.328 e. The van der Waals surface area contributed by atoms with Gasteiger partial charge in [0, 0.05) is 18.7 Å². The third-order valence-electron chi connectivity index (χ3n) is 2.74. The molecule has 1 aromatic rings. The fourth-order valence-electron chi connectivity index (χ4n) is 1.84. The smallest absolute Gasteiger partial charge is 0.328 e. The Hall–Kier alpha value is -1.62. The summed E-state index contributed by atoms with van der Waals surface area (Å²) in [4.78, 5) is 25.6. The lowest BCUT2D eigenvalue weighted by Gasteiger charge is -2.28. The van der Waals surface area contributed by atoms with E-state index in [1.807, 2.05) is 24.1 Å². The van der Waals surface area contributed by atoms with Crippen molar-refractivity contribution in [2.45, 2.75) is 33.7 Å². The molecule has 1 N–H and O–H groups in total. The van der Waals surface area contributed by atoms with Crippen LogP contribution in [0.25, 0.3) is 6.08 Å². The number of carbonyl (C=O) groups excluding carboxylic acids is 1. The van der Waals surface area contributed by atoms with Crippen molar-refractivity contribution in [2.24, 2.45) is 5.92 Å². The first-order valence-corrected chi connectivity index (χ1v) is 7.50. The Morgan fingerprint density at radius 2 is 2.00 bits per heavy atom. The van der Waals surface area contributed by atoms with Gasteiger partial charge in [0.05, 0.1) is 4.88 Å². The number of rotatable bonds is 6. The van der Waals surface area contributed by atoms with Gasteiger partial charge in [-0.25, -0.2) is 4.79 Å². The van der Waals surface area contributed by atoms with Crippen molar-refractivity contribution >= 4 is 29.3 Å². The monoisotopic (exact) mass is 295 g/mol. The fraction of sp³-hybridized carbons (Fsp3) is 0.467. The Labute approximate surface area is 123 Å². The minimum absolute atomic E-state index is 0.0336. The number of carbonyl (C=O) groups is 2. The number of hydrogen-bond acceptors (Lipinski definition) is 3. The van der Waals surface area contributed by atoms with Gasteiger partial charge in [-0.3, -0.25) is 4.79 Å². The van der Waals surface area contributed by atoms with Crippen molar-refractivity contribution in [1.82, 2.24) is 4.90 Å². The third kappa shape index (κ3) is 4.49. The summed E-state index contributed by atoms with van der Waals surface area (Å²) in [7, 11) is 0. The molecule has 5 heteroatoms. The molecule has 0 radical (unpaired) electrons. The number of amides is 1. The van der Waals surface area contributed by atoms with Crippen molar-refractivity contribution < 1.29 is 14.7 Å². The summed E-state index contributed by atoms with van der Waals surface area (Å²) in [6, 6.07) is 1.88. The van der Waals surface area contributed by atoms with Gasteiger partial charge in [-0.05, 0) is 42.9 Å². The molecule has 0 bridgehead atoms. The van der Waals surface area contributed by atoms with Gasteiger partial charge in [0.2, 0.25) is 0 Å². The second-order valence-electron chi connectivity index (χ2n) is 5.32.